The zero-order valence-corrected chi connectivity index (χ0v) is 13.6. The van der Waals surface area contributed by atoms with Gasteiger partial charge in [0.25, 0.3) is 5.56 Å². The van der Waals surface area contributed by atoms with E-state index in [4.69, 9.17) is 5.73 Å². The Hall–Kier alpha value is -2.48. The summed E-state index contributed by atoms with van der Waals surface area (Å²) < 4.78 is 1.56. The van der Waals surface area contributed by atoms with Crippen LogP contribution in [0.2, 0.25) is 0 Å². The molecule has 0 fully saturated rings. The maximum atomic E-state index is 12.0. The van der Waals surface area contributed by atoms with Crippen molar-refractivity contribution in [3.63, 3.8) is 0 Å². The number of aryl methyl sites for hydroxylation is 2. The SMILES string of the molecule is Cc1cc(=O)[nH]c(-n2nc(C)c(CC(=O)NCCCN)c2C)n1. The van der Waals surface area contributed by atoms with Crippen LogP contribution in [0.25, 0.3) is 5.95 Å². The van der Waals surface area contributed by atoms with Gasteiger partial charge in [0.05, 0.1) is 12.1 Å². The van der Waals surface area contributed by atoms with Gasteiger partial charge in [-0.05, 0) is 33.7 Å². The number of aromatic amines is 1. The van der Waals surface area contributed by atoms with Gasteiger partial charge in [0.15, 0.2) is 0 Å². The lowest BCUT2D eigenvalue weighted by Crippen LogP contribution is -2.27. The third-order valence-corrected chi connectivity index (χ3v) is 3.54. The van der Waals surface area contributed by atoms with E-state index in [9.17, 15) is 9.59 Å². The van der Waals surface area contributed by atoms with Crippen LogP contribution in [0, 0.1) is 20.8 Å². The third kappa shape index (κ3) is 4.04. The highest BCUT2D eigenvalue weighted by molar-refractivity contribution is 5.79. The second-order valence-electron chi connectivity index (χ2n) is 5.44. The topological polar surface area (TPSA) is 119 Å². The van der Waals surface area contributed by atoms with Gasteiger partial charge in [-0.3, -0.25) is 14.6 Å². The van der Waals surface area contributed by atoms with E-state index in [0.29, 0.717) is 24.7 Å². The molecule has 0 aliphatic rings. The largest absolute Gasteiger partial charge is 0.356 e. The standard InChI is InChI=1S/C15H22N6O2/c1-9-7-14(23)19-15(18-9)21-11(3)12(10(2)20-21)8-13(22)17-6-4-5-16/h7H,4-6,8,16H2,1-3H3,(H,17,22)(H,18,19,23). The summed E-state index contributed by atoms with van der Waals surface area (Å²) in [4.78, 5) is 30.5. The van der Waals surface area contributed by atoms with E-state index in [2.05, 4.69) is 20.4 Å². The van der Waals surface area contributed by atoms with Gasteiger partial charge >= 0.3 is 0 Å². The number of hydrogen-bond acceptors (Lipinski definition) is 5. The molecule has 4 N–H and O–H groups in total. The van der Waals surface area contributed by atoms with Gasteiger partial charge in [0.1, 0.15) is 0 Å². The van der Waals surface area contributed by atoms with Gasteiger partial charge in [-0.2, -0.15) is 5.10 Å². The Kier molecular flexibility index (Phi) is 5.28. The van der Waals surface area contributed by atoms with E-state index >= 15 is 0 Å². The Labute approximate surface area is 134 Å². The minimum atomic E-state index is -0.235. The summed E-state index contributed by atoms with van der Waals surface area (Å²) in [7, 11) is 0. The van der Waals surface area contributed by atoms with Crippen molar-refractivity contribution in [3.05, 3.63) is 39.1 Å². The predicted octanol–water partition coefficient (Wildman–Crippen LogP) is -0.112. The monoisotopic (exact) mass is 318 g/mol. The van der Waals surface area contributed by atoms with Gasteiger partial charge in [0, 0.05) is 29.6 Å². The van der Waals surface area contributed by atoms with Crippen LogP contribution >= 0.6 is 0 Å². The van der Waals surface area contributed by atoms with Crippen LogP contribution in [0.1, 0.15) is 29.1 Å². The average molecular weight is 318 g/mol. The second-order valence-corrected chi connectivity index (χ2v) is 5.44. The quantitative estimate of drug-likeness (QED) is 0.642. The molecule has 2 aromatic heterocycles. The van der Waals surface area contributed by atoms with Crippen molar-refractivity contribution in [2.45, 2.75) is 33.6 Å². The zero-order chi connectivity index (χ0) is 17.0. The van der Waals surface area contributed by atoms with Crippen LogP contribution in [0.5, 0.6) is 0 Å². The highest BCUT2D eigenvalue weighted by Crippen LogP contribution is 2.16. The average Bonchev–Trinajstić information content (AvgIpc) is 2.75. The van der Waals surface area contributed by atoms with Crippen LogP contribution in [0.3, 0.4) is 0 Å². The molecular formula is C15H22N6O2. The minimum Gasteiger partial charge on any atom is -0.356 e. The molecule has 0 aromatic carbocycles. The van der Waals surface area contributed by atoms with Crippen LogP contribution < -0.4 is 16.6 Å². The number of H-pyrrole nitrogens is 1. The number of nitrogens with two attached hydrogens (primary N) is 1. The Balaban J connectivity index is 2.25. The van der Waals surface area contributed by atoms with Crippen LogP contribution in [-0.4, -0.2) is 38.7 Å². The number of amides is 1. The summed E-state index contributed by atoms with van der Waals surface area (Å²) in [5, 5.41) is 7.22. The molecule has 1 amide bonds. The molecule has 0 spiro atoms. The summed E-state index contributed by atoms with van der Waals surface area (Å²) in [5.74, 6) is 0.278. The van der Waals surface area contributed by atoms with Crippen molar-refractivity contribution >= 4 is 5.91 Å². The molecule has 124 valence electrons. The molecular weight excluding hydrogens is 296 g/mol. The highest BCUT2D eigenvalue weighted by Gasteiger charge is 2.17. The van der Waals surface area contributed by atoms with E-state index in [1.807, 2.05) is 13.8 Å². The Bertz CT molecular complexity index is 762. The number of rotatable bonds is 6. The normalized spacial score (nSPS) is 10.8. The highest BCUT2D eigenvalue weighted by atomic mass is 16.1. The van der Waals surface area contributed by atoms with Gasteiger partial charge in [0.2, 0.25) is 11.9 Å². The maximum Gasteiger partial charge on any atom is 0.252 e. The Morgan fingerprint density at radius 2 is 2.13 bits per heavy atom. The maximum absolute atomic E-state index is 12.0. The fraction of sp³-hybridized carbons (Fsp3) is 0.467. The third-order valence-electron chi connectivity index (χ3n) is 3.54. The molecule has 0 saturated carbocycles. The molecule has 8 heteroatoms. The molecule has 2 heterocycles. The molecule has 0 atom stereocenters. The Morgan fingerprint density at radius 1 is 1.39 bits per heavy atom. The van der Waals surface area contributed by atoms with E-state index < -0.39 is 0 Å². The summed E-state index contributed by atoms with van der Waals surface area (Å²) in [6, 6.07) is 1.42. The lowest BCUT2D eigenvalue weighted by atomic mass is 10.1. The molecule has 0 unspecified atom stereocenters. The first-order valence-corrected chi connectivity index (χ1v) is 7.52. The molecule has 0 aliphatic carbocycles. The fourth-order valence-corrected chi connectivity index (χ4v) is 2.35. The lowest BCUT2D eigenvalue weighted by molar-refractivity contribution is -0.120. The molecule has 0 bridgehead atoms. The first-order chi connectivity index (χ1) is 10.9. The van der Waals surface area contributed by atoms with E-state index in [0.717, 1.165) is 23.4 Å². The van der Waals surface area contributed by atoms with Gasteiger partial charge in [-0.15, -0.1) is 0 Å². The van der Waals surface area contributed by atoms with Crippen LogP contribution in [0.15, 0.2) is 10.9 Å². The van der Waals surface area contributed by atoms with Crippen molar-refractivity contribution < 1.29 is 4.79 Å². The van der Waals surface area contributed by atoms with Gasteiger partial charge < -0.3 is 11.1 Å². The van der Waals surface area contributed by atoms with Crippen LogP contribution in [0.4, 0.5) is 0 Å². The summed E-state index contributed by atoms with van der Waals surface area (Å²) in [6.07, 6.45) is 0.982. The van der Waals surface area contributed by atoms with Crippen molar-refractivity contribution in [1.82, 2.24) is 25.1 Å². The number of nitrogens with zero attached hydrogens (tertiary/aromatic N) is 3. The number of hydrogen-bond donors (Lipinski definition) is 3. The Morgan fingerprint density at radius 3 is 2.78 bits per heavy atom. The zero-order valence-electron chi connectivity index (χ0n) is 13.6. The molecule has 0 radical (unpaired) electrons. The summed E-state index contributed by atoms with van der Waals surface area (Å²) >= 11 is 0. The molecule has 2 rings (SSSR count). The summed E-state index contributed by atoms with van der Waals surface area (Å²) in [6.45, 7) is 6.54. The number of nitrogens with one attached hydrogen (secondary N) is 2. The molecule has 8 nitrogen and oxygen atoms in total. The predicted molar refractivity (Wildman–Crippen MR) is 86.6 cm³/mol. The minimum absolute atomic E-state index is 0.0742. The lowest BCUT2D eigenvalue weighted by Gasteiger charge is -2.06. The molecule has 0 saturated heterocycles. The fourth-order valence-electron chi connectivity index (χ4n) is 2.35. The number of aromatic nitrogens is 4. The smallest absolute Gasteiger partial charge is 0.252 e. The van der Waals surface area contributed by atoms with Gasteiger partial charge in [-0.1, -0.05) is 0 Å². The van der Waals surface area contributed by atoms with Crippen molar-refractivity contribution in [2.75, 3.05) is 13.1 Å². The van der Waals surface area contributed by atoms with Crippen molar-refractivity contribution in [2.24, 2.45) is 5.73 Å². The van der Waals surface area contributed by atoms with E-state index in [-0.39, 0.29) is 17.9 Å². The number of carbonyl (C=O) groups excluding carboxylic acids is 1. The first-order valence-electron chi connectivity index (χ1n) is 7.52. The molecule has 0 aliphatic heterocycles. The van der Waals surface area contributed by atoms with E-state index in [1.54, 1.807) is 11.6 Å². The van der Waals surface area contributed by atoms with Crippen molar-refractivity contribution in [1.29, 1.82) is 0 Å². The van der Waals surface area contributed by atoms with Crippen molar-refractivity contribution in [3.8, 4) is 5.95 Å². The van der Waals surface area contributed by atoms with Gasteiger partial charge in [-0.25, -0.2) is 9.67 Å². The summed E-state index contributed by atoms with van der Waals surface area (Å²) in [5.41, 5.74) is 8.13. The number of carbonyl (C=O) groups is 1. The molecule has 2 aromatic rings. The first kappa shape index (κ1) is 16.9. The van der Waals surface area contributed by atoms with E-state index in [1.165, 1.54) is 6.07 Å². The second kappa shape index (κ2) is 7.19. The van der Waals surface area contributed by atoms with Crippen LogP contribution in [-0.2, 0) is 11.2 Å². The molecule has 23 heavy (non-hydrogen) atoms.